The molecule has 1 saturated heterocycles. The van der Waals surface area contributed by atoms with Gasteiger partial charge in [0.25, 0.3) is 0 Å². The standard InChI is InChI=1S/C15H22N4/c1-11(2)18-9-7-13(8-10-18)15-17-16-14-6-4-5-12(3)19(14)15/h4-6,11,13H,7-10H2,1-3H3. The maximum atomic E-state index is 4.44. The predicted octanol–water partition coefficient (Wildman–Crippen LogP) is 2.63. The van der Waals surface area contributed by atoms with E-state index >= 15 is 0 Å². The molecule has 4 nitrogen and oxygen atoms in total. The molecule has 0 bridgehead atoms. The van der Waals surface area contributed by atoms with E-state index in [-0.39, 0.29) is 0 Å². The first-order valence-corrected chi connectivity index (χ1v) is 7.21. The Morgan fingerprint density at radius 3 is 2.58 bits per heavy atom. The highest BCUT2D eigenvalue weighted by atomic mass is 15.3. The van der Waals surface area contributed by atoms with Gasteiger partial charge in [-0.05, 0) is 58.8 Å². The molecule has 1 aliphatic heterocycles. The van der Waals surface area contributed by atoms with Crippen LogP contribution in [0.2, 0.25) is 0 Å². The van der Waals surface area contributed by atoms with E-state index < -0.39 is 0 Å². The van der Waals surface area contributed by atoms with E-state index in [0.717, 1.165) is 11.5 Å². The molecular weight excluding hydrogens is 236 g/mol. The van der Waals surface area contributed by atoms with Crippen molar-refractivity contribution in [3.05, 3.63) is 29.7 Å². The monoisotopic (exact) mass is 258 g/mol. The number of aromatic nitrogens is 3. The molecule has 2 aromatic heterocycles. The largest absolute Gasteiger partial charge is 0.301 e. The lowest BCUT2D eigenvalue weighted by atomic mass is 9.95. The van der Waals surface area contributed by atoms with Crippen molar-refractivity contribution in [1.82, 2.24) is 19.5 Å². The van der Waals surface area contributed by atoms with Crippen molar-refractivity contribution < 1.29 is 0 Å². The summed E-state index contributed by atoms with van der Waals surface area (Å²) < 4.78 is 2.22. The summed E-state index contributed by atoms with van der Waals surface area (Å²) in [5, 5.41) is 8.75. The highest BCUT2D eigenvalue weighted by molar-refractivity contribution is 5.40. The number of likely N-dealkylation sites (tertiary alicyclic amines) is 1. The highest BCUT2D eigenvalue weighted by Gasteiger charge is 2.25. The van der Waals surface area contributed by atoms with Crippen molar-refractivity contribution in [3.8, 4) is 0 Å². The molecule has 0 unspecified atom stereocenters. The topological polar surface area (TPSA) is 33.4 Å². The summed E-state index contributed by atoms with van der Waals surface area (Å²) in [6, 6.07) is 6.86. The van der Waals surface area contributed by atoms with Crippen molar-refractivity contribution in [2.45, 2.75) is 45.6 Å². The normalized spacial score (nSPS) is 18.5. The summed E-state index contributed by atoms with van der Waals surface area (Å²) in [6.07, 6.45) is 2.38. The molecule has 1 aliphatic rings. The first-order chi connectivity index (χ1) is 9.16. The van der Waals surface area contributed by atoms with Gasteiger partial charge in [0.1, 0.15) is 5.82 Å². The van der Waals surface area contributed by atoms with Crippen LogP contribution in [-0.4, -0.2) is 38.6 Å². The second-order valence-corrected chi connectivity index (χ2v) is 5.82. The summed E-state index contributed by atoms with van der Waals surface area (Å²) in [5.41, 5.74) is 2.20. The summed E-state index contributed by atoms with van der Waals surface area (Å²) >= 11 is 0. The van der Waals surface area contributed by atoms with Crippen molar-refractivity contribution >= 4 is 5.65 Å². The third-order valence-corrected chi connectivity index (χ3v) is 4.27. The Morgan fingerprint density at radius 1 is 1.16 bits per heavy atom. The van der Waals surface area contributed by atoms with Gasteiger partial charge >= 0.3 is 0 Å². The van der Waals surface area contributed by atoms with E-state index in [1.165, 1.54) is 31.6 Å². The third kappa shape index (κ3) is 2.25. The molecule has 0 amide bonds. The lowest BCUT2D eigenvalue weighted by Crippen LogP contribution is -2.38. The van der Waals surface area contributed by atoms with Crippen LogP contribution in [0.4, 0.5) is 0 Å². The van der Waals surface area contributed by atoms with Crippen LogP contribution in [0.25, 0.3) is 5.65 Å². The van der Waals surface area contributed by atoms with Crippen LogP contribution >= 0.6 is 0 Å². The van der Waals surface area contributed by atoms with E-state index in [1.54, 1.807) is 0 Å². The van der Waals surface area contributed by atoms with Crippen molar-refractivity contribution in [1.29, 1.82) is 0 Å². The van der Waals surface area contributed by atoms with Crippen LogP contribution in [0.5, 0.6) is 0 Å². The van der Waals surface area contributed by atoms with Gasteiger partial charge in [-0.3, -0.25) is 4.40 Å². The van der Waals surface area contributed by atoms with Gasteiger partial charge in [-0.25, -0.2) is 0 Å². The lowest BCUT2D eigenvalue weighted by Gasteiger charge is -2.34. The van der Waals surface area contributed by atoms with E-state index in [2.05, 4.69) is 46.3 Å². The van der Waals surface area contributed by atoms with E-state index in [9.17, 15) is 0 Å². The Balaban J connectivity index is 1.86. The molecule has 0 radical (unpaired) electrons. The number of hydrogen-bond acceptors (Lipinski definition) is 3. The Labute approximate surface area is 114 Å². The summed E-state index contributed by atoms with van der Waals surface area (Å²) in [7, 11) is 0. The van der Waals surface area contributed by atoms with Gasteiger partial charge in [0.05, 0.1) is 0 Å². The third-order valence-electron chi connectivity index (χ3n) is 4.27. The Bertz CT molecular complexity index is 565. The minimum absolute atomic E-state index is 0.547. The van der Waals surface area contributed by atoms with Crippen LogP contribution in [0, 0.1) is 6.92 Å². The molecule has 0 aliphatic carbocycles. The maximum Gasteiger partial charge on any atom is 0.160 e. The van der Waals surface area contributed by atoms with Crippen molar-refractivity contribution in [2.75, 3.05) is 13.1 Å². The minimum atomic E-state index is 0.547. The molecular formula is C15H22N4. The van der Waals surface area contributed by atoms with E-state index in [0.29, 0.717) is 12.0 Å². The van der Waals surface area contributed by atoms with Gasteiger partial charge in [-0.2, -0.15) is 0 Å². The molecule has 0 N–H and O–H groups in total. The number of nitrogens with zero attached hydrogens (tertiary/aromatic N) is 4. The average Bonchev–Trinajstić information content (AvgIpc) is 2.84. The quantitative estimate of drug-likeness (QED) is 0.830. The van der Waals surface area contributed by atoms with Gasteiger partial charge < -0.3 is 4.90 Å². The van der Waals surface area contributed by atoms with Crippen LogP contribution < -0.4 is 0 Å². The molecule has 102 valence electrons. The van der Waals surface area contributed by atoms with Gasteiger partial charge in [-0.1, -0.05) is 6.07 Å². The summed E-state index contributed by atoms with van der Waals surface area (Å²) in [5.74, 6) is 1.70. The second kappa shape index (κ2) is 4.93. The predicted molar refractivity (Wildman–Crippen MR) is 76.4 cm³/mol. The molecule has 2 aromatic rings. The number of piperidine rings is 1. The molecule has 0 saturated carbocycles. The SMILES string of the molecule is Cc1cccc2nnc(C3CCN(C(C)C)CC3)n12. The van der Waals surface area contributed by atoms with Crippen LogP contribution in [0.3, 0.4) is 0 Å². The van der Waals surface area contributed by atoms with Gasteiger partial charge in [-0.15, -0.1) is 10.2 Å². The molecule has 0 aromatic carbocycles. The molecule has 0 spiro atoms. The second-order valence-electron chi connectivity index (χ2n) is 5.82. The molecule has 4 heteroatoms. The molecule has 3 rings (SSSR count). The van der Waals surface area contributed by atoms with Crippen molar-refractivity contribution in [2.24, 2.45) is 0 Å². The Morgan fingerprint density at radius 2 is 1.89 bits per heavy atom. The summed E-state index contributed by atoms with van der Waals surface area (Å²) in [6.45, 7) is 9.02. The minimum Gasteiger partial charge on any atom is -0.301 e. The van der Waals surface area contributed by atoms with Gasteiger partial charge in [0.2, 0.25) is 0 Å². The van der Waals surface area contributed by atoms with E-state index in [4.69, 9.17) is 0 Å². The summed E-state index contributed by atoms with van der Waals surface area (Å²) in [4.78, 5) is 2.55. The number of rotatable bonds is 2. The van der Waals surface area contributed by atoms with Crippen LogP contribution in [0.1, 0.15) is 44.1 Å². The first kappa shape index (κ1) is 12.6. The average molecular weight is 258 g/mol. The lowest BCUT2D eigenvalue weighted by molar-refractivity contribution is 0.169. The highest BCUT2D eigenvalue weighted by Crippen LogP contribution is 2.28. The zero-order chi connectivity index (χ0) is 13.4. The molecule has 19 heavy (non-hydrogen) atoms. The number of hydrogen-bond donors (Lipinski definition) is 0. The fraction of sp³-hybridized carbons (Fsp3) is 0.600. The zero-order valence-corrected chi connectivity index (χ0v) is 12.0. The Hall–Kier alpha value is -1.42. The molecule has 3 heterocycles. The van der Waals surface area contributed by atoms with Crippen LogP contribution in [-0.2, 0) is 0 Å². The first-order valence-electron chi connectivity index (χ1n) is 7.21. The molecule has 1 fully saturated rings. The van der Waals surface area contributed by atoms with E-state index in [1.807, 2.05) is 12.1 Å². The smallest absolute Gasteiger partial charge is 0.160 e. The Kier molecular flexibility index (Phi) is 3.27. The van der Waals surface area contributed by atoms with Crippen molar-refractivity contribution in [3.63, 3.8) is 0 Å². The van der Waals surface area contributed by atoms with Gasteiger partial charge in [0.15, 0.2) is 5.65 Å². The molecule has 0 atom stereocenters. The van der Waals surface area contributed by atoms with Crippen LogP contribution in [0.15, 0.2) is 18.2 Å². The number of pyridine rings is 1. The maximum absolute atomic E-state index is 4.44. The fourth-order valence-corrected chi connectivity index (χ4v) is 3.06. The fourth-order valence-electron chi connectivity index (χ4n) is 3.06. The number of aryl methyl sites for hydroxylation is 1. The zero-order valence-electron chi connectivity index (χ0n) is 12.0. The van der Waals surface area contributed by atoms with Gasteiger partial charge in [0, 0.05) is 17.7 Å². The number of fused-ring (bicyclic) bond motifs is 1.